The molecule has 1 atom stereocenters. The molecule has 1 unspecified atom stereocenters. The van der Waals surface area contributed by atoms with Crippen molar-refractivity contribution in [3.8, 4) is 6.07 Å². The summed E-state index contributed by atoms with van der Waals surface area (Å²) in [6.45, 7) is 1.22. The molecule has 0 aromatic heterocycles. The second-order valence-corrected chi connectivity index (χ2v) is 4.26. The van der Waals surface area contributed by atoms with Gasteiger partial charge in [-0.1, -0.05) is 30.3 Å². The number of hydrogen-bond acceptors (Lipinski definition) is 4. The zero-order valence-corrected chi connectivity index (χ0v) is 10.3. The molecule has 1 fully saturated rings. The van der Waals surface area contributed by atoms with Gasteiger partial charge in [0, 0.05) is 36.3 Å². The van der Waals surface area contributed by atoms with E-state index in [0.717, 1.165) is 11.1 Å². The molecule has 1 heterocycles. The molecule has 0 spiro atoms. The molecule has 1 aromatic rings. The number of rotatable bonds is 3. The number of carbonyl (C=O) groups excluding carboxylic acids is 1. The number of nitriles is 1. The van der Waals surface area contributed by atoms with E-state index in [1.165, 1.54) is 6.08 Å². The Bertz CT molecular complexity index is 499. The average Bonchev–Trinajstić information content (AvgIpc) is 2.32. The van der Waals surface area contributed by atoms with Crippen molar-refractivity contribution in [1.82, 2.24) is 4.90 Å². The molecular formula is C13H11ClN2O2. The lowest BCUT2D eigenvalue weighted by Crippen LogP contribution is -2.43. The Balaban J connectivity index is 2.11. The van der Waals surface area contributed by atoms with Crippen LogP contribution in [0.4, 0.5) is 4.79 Å². The Morgan fingerprint density at radius 3 is 2.67 bits per heavy atom. The van der Waals surface area contributed by atoms with Gasteiger partial charge in [0.15, 0.2) is 6.23 Å². The Hall–Kier alpha value is -1.83. The molecule has 4 nitrogen and oxygen atoms in total. The van der Waals surface area contributed by atoms with Crippen molar-refractivity contribution >= 4 is 17.0 Å². The van der Waals surface area contributed by atoms with E-state index in [4.69, 9.17) is 21.6 Å². The third kappa shape index (κ3) is 2.89. The molecule has 18 heavy (non-hydrogen) atoms. The maximum absolute atomic E-state index is 10.9. The van der Waals surface area contributed by atoms with Crippen molar-refractivity contribution in [2.45, 2.75) is 6.23 Å². The van der Waals surface area contributed by atoms with Crippen molar-refractivity contribution in [1.29, 1.82) is 5.26 Å². The molecule has 0 amide bonds. The highest BCUT2D eigenvalue weighted by molar-refractivity contribution is 6.61. The van der Waals surface area contributed by atoms with Gasteiger partial charge >= 0.3 is 5.43 Å². The van der Waals surface area contributed by atoms with Gasteiger partial charge in [0.2, 0.25) is 0 Å². The third-order valence-corrected chi connectivity index (χ3v) is 2.79. The summed E-state index contributed by atoms with van der Waals surface area (Å²) in [5.74, 6) is 0. The fourth-order valence-electron chi connectivity index (χ4n) is 1.88. The summed E-state index contributed by atoms with van der Waals surface area (Å²) in [5, 5.41) is 8.54. The highest BCUT2D eigenvalue weighted by atomic mass is 35.5. The minimum atomic E-state index is -0.832. The fraction of sp³-hybridized carbons (Fsp3) is 0.231. The van der Waals surface area contributed by atoms with Gasteiger partial charge in [0.05, 0.1) is 6.07 Å². The number of ether oxygens (including phenoxy) is 1. The SMILES string of the molecule is N#CC=C1CN(C(OC(=O)Cl)c2ccccc2)C1. The van der Waals surface area contributed by atoms with Crippen LogP contribution in [0.3, 0.4) is 0 Å². The molecule has 1 aromatic carbocycles. The van der Waals surface area contributed by atoms with Crippen LogP contribution in [0.15, 0.2) is 42.0 Å². The maximum atomic E-state index is 10.9. The smallest absolute Gasteiger partial charge is 0.405 e. The highest BCUT2D eigenvalue weighted by Crippen LogP contribution is 2.29. The van der Waals surface area contributed by atoms with Crippen LogP contribution in [0.5, 0.6) is 0 Å². The number of hydrogen-bond donors (Lipinski definition) is 0. The number of nitrogens with zero attached hydrogens (tertiary/aromatic N) is 2. The van der Waals surface area contributed by atoms with Gasteiger partial charge in [-0.3, -0.25) is 4.90 Å². The Morgan fingerprint density at radius 2 is 2.11 bits per heavy atom. The molecule has 1 aliphatic rings. The summed E-state index contributed by atoms with van der Waals surface area (Å²) in [7, 11) is 0. The molecule has 0 radical (unpaired) electrons. The summed E-state index contributed by atoms with van der Waals surface area (Å²) < 4.78 is 5.11. The summed E-state index contributed by atoms with van der Waals surface area (Å²) in [6, 6.07) is 11.4. The molecule has 5 heteroatoms. The number of halogens is 1. The maximum Gasteiger partial charge on any atom is 0.405 e. The Morgan fingerprint density at radius 1 is 1.44 bits per heavy atom. The largest absolute Gasteiger partial charge is 0.430 e. The second kappa shape index (κ2) is 5.67. The second-order valence-electron chi connectivity index (χ2n) is 3.96. The van der Waals surface area contributed by atoms with E-state index >= 15 is 0 Å². The van der Waals surface area contributed by atoms with Crippen LogP contribution in [0.25, 0.3) is 0 Å². The van der Waals surface area contributed by atoms with Crippen molar-refractivity contribution < 1.29 is 9.53 Å². The monoisotopic (exact) mass is 262 g/mol. The van der Waals surface area contributed by atoms with Gasteiger partial charge < -0.3 is 4.74 Å². The highest BCUT2D eigenvalue weighted by Gasteiger charge is 2.31. The van der Waals surface area contributed by atoms with Gasteiger partial charge in [-0.25, -0.2) is 4.79 Å². The van der Waals surface area contributed by atoms with Crippen LogP contribution in [0.2, 0.25) is 0 Å². The zero-order chi connectivity index (χ0) is 13.0. The van der Waals surface area contributed by atoms with Crippen molar-refractivity contribution in [2.75, 3.05) is 13.1 Å². The van der Waals surface area contributed by atoms with Crippen LogP contribution in [0, 0.1) is 11.3 Å². The number of carbonyl (C=O) groups is 1. The topological polar surface area (TPSA) is 53.3 Å². The first-order chi connectivity index (χ1) is 8.70. The zero-order valence-electron chi connectivity index (χ0n) is 9.54. The fourth-order valence-corrected chi connectivity index (χ4v) is 1.97. The van der Waals surface area contributed by atoms with E-state index in [-0.39, 0.29) is 0 Å². The van der Waals surface area contributed by atoms with Crippen LogP contribution in [-0.4, -0.2) is 23.4 Å². The molecule has 2 rings (SSSR count). The minimum Gasteiger partial charge on any atom is -0.430 e. The van der Waals surface area contributed by atoms with Gasteiger partial charge in [0.1, 0.15) is 0 Å². The third-order valence-electron chi connectivity index (χ3n) is 2.70. The van der Waals surface area contributed by atoms with Gasteiger partial charge in [-0.15, -0.1) is 0 Å². The molecule has 0 bridgehead atoms. The van der Waals surface area contributed by atoms with E-state index in [9.17, 15) is 4.79 Å². The van der Waals surface area contributed by atoms with Crippen molar-refractivity contribution in [3.05, 3.63) is 47.5 Å². The van der Waals surface area contributed by atoms with Crippen molar-refractivity contribution in [2.24, 2.45) is 0 Å². The molecule has 1 aliphatic heterocycles. The number of allylic oxidation sites excluding steroid dienone is 1. The Labute approximate surface area is 110 Å². The molecule has 92 valence electrons. The lowest BCUT2D eigenvalue weighted by Gasteiger charge is -2.39. The van der Waals surface area contributed by atoms with E-state index in [0.29, 0.717) is 13.1 Å². The summed E-state index contributed by atoms with van der Waals surface area (Å²) in [6.07, 6.45) is 1.02. The predicted molar refractivity (Wildman–Crippen MR) is 66.8 cm³/mol. The number of benzene rings is 1. The van der Waals surface area contributed by atoms with E-state index in [2.05, 4.69) is 0 Å². The van der Waals surface area contributed by atoms with Crippen LogP contribution >= 0.6 is 11.6 Å². The average molecular weight is 263 g/mol. The van der Waals surface area contributed by atoms with E-state index in [1.807, 2.05) is 41.3 Å². The Kier molecular flexibility index (Phi) is 3.98. The van der Waals surface area contributed by atoms with Crippen molar-refractivity contribution in [3.63, 3.8) is 0 Å². The molecule has 0 aliphatic carbocycles. The number of likely N-dealkylation sites (tertiary alicyclic amines) is 1. The van der Waals surface area contributed by atoms with Gasteiger partial charge in [0.25, 0.3) is 0 Å². The summed E-state index contributed by atoms with van der Waals surface area (Å²) in [5.41, 5.74) is 1.05. The molecule has 0 saturated carbocycles. The first-order valence-electron chi connectivity index (χ1n) is 5.43. The lowest BCUT2D eigenvalue weighted by atomic mass is 10.0. The van der Waals surface area contributed by atoms with E-state index in [1.54, 1.807) is 0 Å². The molecular weight excluding hydrogens is 252 g/mol. The van der Waals surface area contributed by atoms with Gasteiger partial charge in [-0.2, -0.15) is 5.26 Å². The van der Waals surface area contributed by atoms with Crippen LogP contribution in [0.1, 0.15) is 11.8 Å². The first kappa shape index (κ1) is 12.6. The quantitative estimate of drug-likeness (QED) is 0.621. The van der Waals surface area contributed by atoms with Crippen LogP contribution < -0.4 is 0 Å². The summed E-state index contributed by atoms with van der Waals surface area (Å²) >= 11 is 5.29. The van der Waals surface area contributed by atoms with E-state index < -0.39 is 11.7 Å². The molecule has 1 saturated heterocycles. The lowest BCUT2D eigenvalue weighted by molar-refractivity contribution is -0.0160. The summed E-state index contributed by atoms with van der Waals surface area (Å²) in [4.78, 5) is 12.9. The normalized spacial score (nSPS) is 16.3. The molecule has 0 N–H and O–H groups in total. The van der Waals surface area contributed by atoms with Gasteiger partial charge in [-0.05, 0) is 5.57 Å². The standard InChI is InChI=1S/C13H11ClN2O2/c14-13(17)18-12(11-4-2-1-3-5-11)16-8-10(9-16)6-7-15/h1-6,12H,8-9H2. The minimum absolute atomic E-state index is 0.493. The van der Waals surface area contributed by atoms with Crippen LogP contribution in [-0.2, 0) is 4.74 Å². The predicted octanol–water partition coefficient (Wildman–Crippen LogP) is 2.83. The first-order valence-corrected chi connectivity index (χ1v) is 5.81.